The number of rotatable bonds is 10. The number of ether oxygens (including phenoxy) is 4. The number of benzene rings is 1. The van der Waals surface area contributed by atoms with Gasteiger partial charge in [-0.2, -0.15) is 0 Å². The molecule has 1 aromatic carbocycles. The molecule has 0 spiro atoms. The highest BCUT2D eigenvalue weighted by molar-refractivity contribution is 5.94. The molecule has 0 amide bonds. The van der Waals surface area contributed by atoms with Crippen molar-refractivity contribution in [1.82, 2.24) is 19.6 Å². The van der Waals surface area contributed by atoms with Crippen molar-refractivity contribution in [2.45, 2.75) is 118 Å². The molecule has 0 saturated carbocycles. The van der Waals surface area contributed by atoms with Crippen LogP contribution in [-0.4, -0.2) is 144 Å². The first-order valence-electron chi connectivity index (χ1n) is 18.6. The fourth-order valence-corrected chi connectivity index (χ4v) is 5.71. The molecule has 1 aliphatic heterocycles. The van der Waals surface area contributed by atoms with Crippen LogP contribution in [0.15, 0.2) is 24.3 Å². The lowest BCUT2D eigenvalue weighted by Crippen LogP contribution is -2.51. The molecular weight excluding hydrogens is 680 g/mol. The molecule has 0 aliphatic carbocycles. The number of esters is 4. The van der Waals surface area contributed by atoms with Crippen molar-refractivity contribution < 1.29 is 42.9 Å². The van der Waals surface area contributed by atoms with Crippen LogP contribution in [-0.2, 0) is 38.1 Å². The number of ketones is 1. The van der Waals surface area contributed by atoms with E-state index in [9.17, 15) is 24.0 Å². The Labute approximate surface area is 317 Å². The minimum absolute atomic E-state index is 0.000565. The second-order valence-corrected chi connectivity index (χ2v) is 17.7. The van der Waals surface area contributed by atoms with Crippen LogP contribution < -0.4 is 0 Å². The van der Waals surface area contributed by atoms with Crippen molar-refractivity contribution in [3.05, 3.63) is 35.4 Å². The molecule has 53 heavy (non-hydrogen) atoms. The zero-order valence-electron chi connectivity index (χ0n) is 34.6. The Hall–Kier alpha value is -3.39. The predicted molar refractivity (Wildman–Crippen MR) is 203 cm³/mol. The van der Waals surface area contributed by atoms with Crippen LogP contribution in [0.2, 0.25) is 0 Å². The Kier molecular flexibility index (Phi) is 16.6. The fourth-order valence-electron chi connectivity index (χ4n) is 5.71. The predicted octanol–water partition coefficient (Wildman–Crippen LogP) is 4.52. The Morgan fingerprint density at radius 2 is 0.811 bits per heavy atom. The molecule has 1 saturated heterocycles. The van der Waals surface area contributed by atoms with Gasteiger partial charge in [-0.05, 0) is 95.6 Å². The highest BCUT2D eigenvalue weighted by Crippen LogP contribution is 2.26. The van der Waals surface area contributed by atoms with E-state index in [2.05, 4.69) is 0 Å². The summed E-state index contributed by atoms with van der Waals surface area (Å²) in [6, 6.07) is 6.09. The first-order chi connectivity index (χ1) is 24.2. The van der Waals surface area contributed by atoms with Crippen LogP contribution in [0.1, 0.15) is 112 Å². The lowest BCUT2D eigenvalue weighted by molar-refractivity contribution is -0.163. The molecule has 1 aromatic rings. The van der Waals surface area contributed by atoms with Gasteiger partial charge in [-0.1, -0.05) is 24.3 Å². The van der Waals surface area contributed by atoms with E-state index < -0.39 is 34.4 Å². The van der Waals surface area contributed by atoms with Crippen molar-refractivity contribution in [3.63, 3.8) is 0 Å². The zero-order chi connectivity index (χ0) is 40.4. The summed E-state index contributed by atoms with van der Waals surface area (Å²) < 4.78 is 23.0. The summed E-state index contributed by atoms with van der Waals surface area (Å²) in [5, 5.41) is 0. The topological polar surface area (TPSA) is 135 Å². The number of nitrogens with zero attached hydrogens (tertiary/aromatic N) is 4. The number of carbonyl (C=O) groups excluding carboxylic acids is 5. The number of Topliss-reactive ketones (excluding diaryl/α,β-unsaturated/α-hetero) is 1. The van der Waals surface area contributed by atoms with E-state index in [4.69, 9.17) is 18.9 Å². The molecule has 1 unspecified atom stereocenters. The van der Waals surface area contributed by atoms with E-state index in [0.29, 0.717) is 63.5 Å². The van der Waals surface area contributed by atoms with Gasteiger partial charge in [0.25, 0.3) is 0 Å². The van der Waals surface area contributed by atoms with Crippen LogP contribution >= 0.6 is 0 Å². The normalized spacial score (nSPS) is 17.5. The van der Waals surface area contributed by atoms with Gasteiger partial charge in [-0.25, -0.2) is 4.79 Å². The molecule has 1 aliphatic rings. The van der Waals surface area contributed by atoms with Crippen LogP contribution in [0.5, 0.6) is 0 Å². The third kappa shape index (κ3) is 19.0. The highest BCUT2D eigenvalue weighted by Gasteiger charge is 2.34. The summed E-state index contributed by atoms with van der Waals surface area (Å²) in [6.45, 7) is 26.4. The van der Waals surface area contributed by atoms with Crippen molar-refractivity contribution in [1.29, 1.82) is 0 Å². The number of carbonyl (C=O) groups is 5. The summed E-state index contributed by atoms with van der Waals surface area (Å²) in [4.78, 5) is 73.4. The van der Waals surface area contributed by atoms with E-state index in [-0.39, 0.29) is 43.3 Å². The maximum atomic E-state index is 14.1. The molecular formula is C40H66N4O9. The Morgan fingerprint density at radius 1 is 0.509 bits per heavy atom. The SMILES string of the molecule is CC(=O)c1ccc(C(C(=O)OC(C)(C)C)N2CCN(CC(=O)OC(C)(C)C)CCN(CC(=O)OC(C)(C)C)CCN(CC(=O)OC(C)(C)C)CC2)cc1. The molecule has 13 nitrogen and oxygen atoms in total. The van der Waals surface area contributed by atoms with Crippen molar-refractivity contribution >= 4 is 29.7 Å². The summed E-state index contributed by atoms with van der Waals surface area (Å²) in [5.41, 5.74) is -1.61. The minimum Gasteiger partial charge on any atom is -0.459 e. The maximum Gasteiger partial charge on any atom is 0.328 e. The van der Waals surface area contributed by atoms with Crippen LogP contribution in [0.3, 0.4) is 0 Å². The lowest BCUT2D eigenvalue weighted by Gasteiger charge is -2.37. The molecule has 1 atom stereocenters. The monoisotopic (exact) mass is 746 g/mol. The smallest absolute Gasteiger partial charge is 0.328 e. The van der Waals surface area contributed by atoms with Gasteiger partial charge >= 0.3 is 23.9 Å². The van der Waals surface area contributed by atoms with E-state index in [1.54, 1.807) is 24.3 Å². The van der Waals surface area contributed by atoms with Gasteiger partial charge in [0.05, 0.1) is 19.6 Å². The van der Waals surface area contributed by atoms with Crippen LogP contribution in [0.4, 0.5) is 0 Å². The third-order valence-electron chi connectivity index (χ3n) is 7.82. The molecule has 1 heterocycles. The molecule has 0 bridgehead atoms. The van der Waals surface area contributed by atoms with E-state index in [1.165, 1.54) is 6.92 Å². The summed E-state index contributed by atoms with van der Waals surface area (Å²) in [6.07, 6.45) is 0. The fraction of sp³-hybridized carbons (Fsp3) is 0.725. The molecule has 2 rings (SSSR count). The first kappa shape index (κ1) is 45.8. The second kappa shape index (κ2) is 19.3. The second-order valence-electron chi connectivity index (χ2n) is 17.7. The van der Waals surface area contributed by atoms with Crippen molar-refractivity contribution in [3.8, 4) is 0 Å². The van der Waals surface area contributed by atoms with Crippen molar-refractivity contribution in [2.75, 3.05) is 72.0 Å². The summed E-state index contributed by atoms with van der Waals surface area (Å²) in [5.74, 6) is -1.69. The maximum absolute atomic E-state index is 14.1. The van der Waals surface area contributed by atoms with Gasteiger partial charge in [0.1, 0.15) is 28.4 Å². The standard InChI is InChI=1S/C40H66N4O9/c1-29(45)30-14-16-31(17-15-30)35(36(49)53-40(11,12)13)44-24-22-42(27-33(47)51-38(5,6)7)20-18-41(26-32(46)50-37(2,3)4)19-21-43(23-25-44)28-34(48)52-39(8,9)10/h14-17,35H,18-28H2,1-13H3. The van der Waals surface area contributed by atoms with Gasteiger partial charge in [0, 0.05) is 57.9 Å². The minimum atomic E-state index is -0.853. The van der Waals surface area contributed by atoms with Gasteiger partial charge in [-0.15, -0.1) is 0 Å². The van der Waals surface area contributed by atoms with Gasteiger partial charge in [0.15, 0.2) is 5.78 Å². The molecule has 0 aromatic heterocycles. The van der Waals surface area contributed by atoms with Crippen LogP contribution in [0.25, 0.3) is 0 Å². The first-order valence-corrected chi connectivity index (χ1v) is 18.6. The Bertz CT molecular complexity index is 1340. The van der Waals surface area contributed by atoms with Crippen LogP contribution in [0, 0.1) is 0 Å². The molecule has 0 N–H and O–H groups in total. The molecule has 300 valence electrons. The average Bonchev–Trinajstić information content (AvgIpc) is 2.94. The van der Waals surface area contributed by atoms with E-state index in [1.807, 2.05) is 103 Å². The molecule has 1 fully saturated rings. The molecule has 0 radical (unpaired) electrons. The van der Waals surface area contributed by atoms with Gasteiger partial charge in [0.2, 0.25) is 0 Å². The van der Waals surface area contributed by atoms with Gasteiger partial charge < -0.3 is 18.9 Å². The largest absolute Gasteiger partial charge is 0.459 e. The van der Waals surface area contributed by atoms with Gasteiger partial charge in [-0.3, -0.25) is 38.8 Å². The van der Waals surface area contributed by atoms with Crippen molar-refractivity contribution in [2.24, 2.45) is 0 Å². The highest BCUT2D eigenvalue weighted by atomic mass is 16.6. The summed E-state index contributed by atoms with van der Waals surface area (Å²) in [7, 11) is 0. The Balaban J connectivity index is 2.59. The average molecular weight is 747 g/mol. The van der Waals surface area contributed by atoms with E-state index >= 15 is 0 Å². The lowest BCUT2D eigenvalue weighted by atomic mass is 10.0. The molecule has 13 heteroatoms. The van der Waals surface area contributed by atoms with E-state index in [0.717, 1.165) is 0 Å². The zero-order valence-corrected chi connectivity index (χ0v) is 34.6. The number of hydrogen-bond acceptors (Lipinski definition) is 13. The third-order valence-corrected chi connectivity index (χ3v) is 7.82. The number of hydrogen-bond donors (Lipinski definition) is 0. The Morgan fingerprint density at radius 3 is 1.09 bits per heavy atom. The summed E-state index contributed by atoms with van der Waals surface area (Å²) >= 11 is 0. The quantitative estimate of drug-likeness (QED) is 0.189.